The molecule has 2 aliphatic rings. The van der Waals surface area contributed by atoms with Crippen LogP contribution in [0.1, 0.15) is 23.6 Å². The smallest absolute Gasteiger partial charge is 0.369 e. The molecule has 1 fully saturated rings. The van der Waals surface area contributed by atoms with Gasteiger partial charge in [0.05, 0.1) is 11.1 Å². The summed E-state index contributed by atoms with van der Waals surface area (Å²) in [4.78, 5) is 16.0. The molecule has 0 spiro atoms. The zero-order valence-corrected chi connectivity index (χ0v) is 18.4. The largest absolute Gasteiger partial charge is 0.416 e. The fraction of sp³-hybridized carbons (Fsp3) is 0.409. The van der Waals surface area contributed by atoms with Crippen LogP contribution >= 0.6 is 11.9 Å². The lowest BCUT2D eigenvalue weighted by molar-refractivity contribution is -0.143. The first-order valence-corrected chi connectivity index (χ1v) is 11.1. The van der Waals surface area contributed by atoms with Gasteiger partial charge in [0.2, 0.25) is 5.91 Å². The van der Waals surface area contributed by atoms with Gasteiger partial charge in [0.25, 0.3) is 0 Å². The van der Waals surface area contributed by atoms with Gasteiger partial charge in [-0.15, -0.1) is 0 Å². The molecule has 0 aromatic heterocycles. The summed E-state index contributed by atoms with van der Waals surface area (Å²) in [5.41, 5.74) is -0.702. The molecule has 11 heteroatoms. The summed E-state index contributed by atoms with van der Waals surface area (Å²) in [6, 6.07) is 7.55. The highest BCUT2D eigenvalue weighted by Gasteiger charge is 2.37. The Bertz CT molecular complexity index is 1020. The molecular weight excluding hydrogens is 468 g/mol. The molecule has 0 N–H and O–H groups in total. The van der Waals surface area contributed by atoms with E-state index in [1.807, 2.05) is 22.5 Å². The van der Waals surface area contributed by atoms with Crippen LogP contribution in [-0.2, 0) is 23.6 Å². The van der Waals surface area contributed by atoms with Crippen molar-refractivity contribution in [2.75, 3.05) is 42.5 Å². The van der Waals surface area contributed by atoms with Gasteiger partial charge >= 0.3 is 12.4 Å². The molecule has 4 nitrogen and oxygen atoms in total. The molecule has 1 saturated heterocycles. The Balaban J connectivity index is 1.44. The number of carbonyl (C=O) groups excluding carboxylic acids is 1. The van der Waals surface area contributed by atoms with Crippen LogP contribution in [0.15, 0.2) is 41.3 Å². The molecular formula is C22H21F6N3OS. The number of fused-ring (bicyclic) bond motifs is 1. The first-order chi connectivity index (χ1) is 15.4. The van der Waals surface area contributed by atoms with E-state index in [1.165, 1.54) is 18.9 Å². The number of piperazine rings is 1. The van der Waals surface area contributed by atoms with Crippen molar-refractivity contribution < 1.29 is 31.1 Å². The molecule has 33 heavy (non-hydrogen) atoms. The van der Waals surface area contributed by atoms with Crippen molar-refractivity contribution in [1.82, 2.24) is 4.31 Å². The predicted octanol–water partition coefficient (Wildman–Crippen LogP) is 5.46. The molecule has 0 atom stereocenters. The van der Waals surface area contributed by atoms with E-state index in [1.54, 1.807) is 9.80 Å². The van der Waals surface area contributed by atoms with Gasteiger partial charge in [0, 0.05) is 55.9 Å². The van der Waals surface area contributed by atoms with Crippen LogP contribution in [0.3, 0.4) is 0 Å². The second kappa shape index (κ2) is 8.75. The second-order valence-corrected chi connectivity index (χ2v) is 9.15. The maximum atomic E-state index is 13.2. The predicted molar refractivity (Wildman–Crippen MR) is 114 cm³/mol. The van der Waals surface area contributed by atoms with Gasteiger partial charge in [-0.3, -0.25) is 4.79 Å². The first kappa shape index (κ1) is 23.7. The fourth-order valence-electron chi connectivity index (χ4n) is 4.07. The Morgan fingerprint density at radius 2 is 1.45 bits per heavy atom. The third-order valence-electron chi connectivity index (χ3n) is 5.74. The Hall–Kier alpha value is -2.40. The Labute approximate surface area is 191 Å². The summed E-state index contributed by atoms with van der Waals surface area (Å²) in [5, 5.41) is 0. The summed E-state index contributed by atoms with van der Waals surface area (Å²) in [6.07, 6.45) is -8.95. The molecule has 4 rings (SSSR count). The Kier molecular flexibility index (Phi) is 6.30. The van der Waals surface area contributed by atoms with E-state index in [9.17, 15) is 31.1 Å². The van der Waals surface area contributed by atoms with Gasteiger partial charge in [0.1, 0.15) is 0 Å². The average Bonchev–Trinajstić information content (AvgIpc) is 3.16. The number of nitrogens with zero attached hydrogens (tertiary/aromatic N) is 3. The van der Waals surface area contributed by atoms with E-state index < -0.39 is 23.5 Å². The van der Waals surface area contributed by atoms with Crippen molar-refractivity contribution in [2.24, 2.45) is 0 Å². The topological polar surface area (TPSA) is 26.8 Å². The number of amides is 1. The lowest BCUT2D eigenvalue weighted by Crippen LogP contribution is -2.43. The SMILES string of the molecule is CC(=O)N1CCc2cc(SN3CCN(c4cc(C(F)(F)F)cc(C(F)(F)F)c4)CC3)ccc21. The maximum Gasteiger partial charge on any atom is 0.416 e. The van der Waals surface area contributed by atoms with Gasteiger partial charge in [-0.05, 0) is 60.3 Å². The minimum Gasteiger partial charge on any atom is -0.369 e. The molecule has 0 unspecified atom stereocenters. The van der Waals surface area contributed by atoms with E-state index in [0.29, 0.717) is 32.7 Å². The summed E-state index contributed by atoms with van der Waals surface area (Å²) in [6.45, 7) is 3.72. The number of benzene rings is 2. The quantitative estimate of drug-likeness (QED) is 0.423. The van der Waals surface area contributed by atoms with Crippen LogP contribution in [0.2, 0.25) is 0 Å². The number of anilines is 2. The van der Waals surface area contributed by atoms with Crippen LogP contribution in [0, 0.1) is 0 Å². The molecule has 2 aliphatic heterocycles. The highest BCUT2D eigenvalue weighted by Crippen LogP contribution is 2.39. The zero-order chi connectivity index (χ0) is 24.0. The van der Waals surface area contributed by atoms with Crippen LogP contribution in [0.5, 0.6) is 0 Å². The normalized spacial score (nSPS) is 17.4. The summed E-state index contributed by atoms with van der Waals surface area (Å²) >= 11 is 1.50. The maximum absolute atomic E-state index is 13.2. The molecule has 0 bridgehead atoms. The van der Waals surface area contributed by atoms with Crippen LogP contribution in [0.25, 0.3) is 0 Å². The molecule has 2 aromatic carbocycles. The van der Waals surface area contributed by atoms with Crippen molar-refractivity contribution in [3.05, 3.63) is 53.1 Å². The Morgan fingerprint density at radius 1 is 0.848 bits per heavy atom. The highest BCUT2D eigenvalue weighted by molar-refractivity contribution is 7.97. The summed E-state index contributed by atoms with van der Waals surface area (Å²) in [5.74, 6) is -0.00597. The number of hydrogen-bond donors (Lipinski definition) is 0. The molecule has 0 radical (unpaired) electrons. The molecule has 178 valence electrons. The number of hydrogen-bond acceptors (Lipinski definition) is 4. The van der Waals surface area contributed by atoms with Gasteiger partial charge in [-0.2, -0.15) is 26.3 Å². The minimum atomic E-state index is -4.86. The monoisotopic (exact) mass is 489 g/mol. The molecule has 1 amide bonds. The lowest BCUT2D eigenvalue weighted by Gasteiger charge is -2.36. The number of alkyl halides is 6. The van der Waals surface area contributed by atoms with Crippen molar-refractivity contribution in [1.29, 1.82) is 0 Å². The van der Waals surface area contributed by atoms with Crippen molar-refractivity contribution in [3.8, 4) is 0 Å². The highest BCUT2D eigenvalue weighted by atomic mass is 32.2. The van der Waals surface area contributed by atoms with Gasteiger partial charge < -0.3 is 9.80 Å². The number of halogens is 6. The van der Waals surface area contributed by atoms with E-state index in [-0.39, 0.29) is 17.7 Å². The Morgan fingerprint density at radius 3 is 2.00 bits per heavy atom. The van der Waals surface area contributed by atoms with Crippen molar-refractivity contribution >= 4 is 29.2 Å². The van der Waals surface area contributed by atoms with E-state index in [2.05, 4.69) is 0 Å². The van der Waals surface area contributed by atoms with Crippen LogP contribution in [0.4, 0.5) is 37.7 Å². The van der Waals surface area contributed by atoms with Gasteiger partial charge in [-0.25, -0.2) is 4.31 Å². The third kappa shape index (κ3) is 5.24. The third-order valence-corrected chi connectivity index (χ3v) is 6.83. The first-order valence-electron chi connectivity index (χ1n) is 10.3. The molecule has 2 aromatic rings. The standard InChI is InChI=1S/C22H21F6N3OS/c1-14(32)31-5-4-15-10-19(2-3-20(15)31)33-30-8-6-29(7-9-30)18-12-16(21(23,24)25)11-17(13-18)22(26,27)28/h2-3,10-13H,4-9H2,1H3. The lowest BCUT2D eigenvalue weighted by atomic mass is 10.1. The van der Waals surface area contributed by atoms with Crippen LogP contribution in [-0.4, -0.2) is 42.9 Å². The zero-order valence-electron chi connectivity index (χ0n) is 17.6. The second-order valence-electron chi connectivity index (χ2n) is 7.98. The average molecular weight is 489 g/mol. The fourth-order valence-corrected chi connectivity index (χ4v) is 5.04. The molecule has 2 heterocycles. The summed E-state index contributed by atoms with van der Waals surface area (Å²) < 4.78 is 80.9. The number of carbonyl (C=O) groups is 1. The van der Waals surface area contributed by atoms with E-state index >= 15 is 0 Å². The molecule has 0 saturated carbocycles. The van der Waals surface area contributed by atoms with Crippen LogP contribution < -0.4 is 9.80 Å². The van der Waals surface area contributed by atoms with E-state index in [0.717, 1.165) is 34.7 Å². The molecule has 0 aliphatic carbocycles. The van der Waals surface area contributed by atoms with Crippen molar-refractivity contribution in [3.63, 3.8) is 0 Å². The minimum absolute atomic E-state index is 0.00597. The van der Waals surface area contributed by atoms with Crippen molar-refractivity contribution in [2.45, 2.75) is 30.6 Å². The summed E-state index contributed by atoms with van der Waals surface area (Å²) in [7, 11) is 0. The van der Waals surface area contributed by atoms with Gasteiger partial charge in [0.15, 0.2) is 0 Å². The van der Waals surface area contributed by atoms with E-state index in [4.69, 9.17) is 0 Å². The number of rotatable bonds is 3. The van der Waals surface area contributed by atoms with Gasteiger partial charge in [-0.1, -0.05) is 0 Å².